The van der Waals surface area contributed by atoms with E-state index in [4.69, 9.17) is 9.47 Å². The van der Waals surface area contributed by atoms with Crippen molar-refractivity contribution in [2.75, 3.05) is 13.2 Å². The highest BCUT2D eigenvalue weighted by Gasteiger charge is 2.20. The van der Waals surface area contributed by atoms with Crippen LogP contribution in [0, 0.1) is 0 Å². The van der Waals surface area contributed by atoms with Gasteiger partial charge in [-0.05, 0) is 26.8 Å². The fraction of sp³-hybridized carbons (Fsp3) is 0.583. The molecule has 0 fully saturated rings. The molecule has 3 nitrogen and oxygen atoms in total. The van der Waals surface area contributed by atoms with Crippen LogP contribution in [0.15, 0.2) is 24.4 Å². The van der Waals surface area contributed by atoms with Gasteiger partial charge in [0.15, 0.2) is 6.20 Å². The Hall–Kier alpha value is -0.930. The Morgan fingerprint density at radius 2 is 1.80 bits per heavy atom. The molecule has 0 bridgehead atoms. The van der Waals surface area contributed by atoms with E-state index in [-0.39, 0.29) is 6.29 Å². The van der Waals surface area contributed by atoms with Gasteiger partial charge in [0.2, 0.25) is 12.0 Å². The predicted molar refractivity (Wildman–Crippen MR) is 58.3 cm³/mol. The van der Waals surface area contributed by atoms with Crippen LogP contribution < -0.4 is 4.57 Å². The van der Waals surface area contributed by atoms with E-state index in [0.717, 1.165) is 12.2 Å². The Morgan fingerprint density at radius 3 is 2.33 bits per heavy atom. The highest BCUT2D eigenvalue weighted by molar-refractivity contribution is 4.98. The molecular formula is C12H20NO2+. The zero-order valence-electron chi connectivity index (χ0n) is 9.77. The summed E-state index contributed by atoms with van der Waals surface area (Å²) in [6, 6.07) is 6.06. The van der Waals surface area contributed by atoms with Crippen LogP contribution in [-0.4, -0.2) is 13.2 Å². The second kappa shape index (κ2) is 6.53. The number of hydrogen-bond donors (Lipinski definition) is 0. The summed E-state index contributed by atoms with van der Waals surface area (Å²) < 4.78 is 13.3. The largest absolute Gasteiger partial charge is 0.344 e. The third kappa shape index (κ3) is 3.29. The van der Waals surface area contributed by atoms with Crippen molar-refractivity contribution in [3.8, 4) is 0 Å². The lowest BCUT2D eigenvalue weighted by atomic mass is 10.3. The first-order chi connectivity index (χ1) is 7.33. The lowest BCUT2D eigenvalue weighted by Gasteiger charge is -2.14. The number of aromatic nitrogens is 1. The number of pyridine rings is 1. The van der Waals surface area contributed by atoms with Crippen LogP contribution in [0.3, 0.4) is 0 Å². The first kappa shape index (κ1) is 12.1. The van der Waals surface area contributed by atoms with Crippen LogP contribution in [0.5, 0.6) is 0 Å². The average molecular weight is 210 g/mol. The maximum Gasteiger partial charge on any atom is 0.244 e. The number of nitrogens with zero attached hydrogens (tertiary/aromatic N) is 1. The molecule has 0 saturated carbocycles. The molecular weight excluding hydrogens is 190 g/mol. The molecule has 3 heteroatoms. The highest BCUT2D eigenvalue weighted by Crippen LogP contribution is 2.14. The lowest BCUT2D eigenvalue weighted by Crippen LogP contribution is -2.39. The Kier molecular flexibility index (Phi) is 5.29. The van der Waals surface area contributed by atoms with Gasteiger partial charge in [0, 0.05) is 25.3 Å². The van der Waals surface area contributed by atoms with E-state index >= 15 is 0 Å². The molecule has 0 atom stereocenters. The van der Waals surface area contributed by atoms with Crippen molar-refractivity contribution in [1.82, 2.24) is 0 Å². The minimum absolute atomic E-state index is 0.249. The minimum atomic E-state index is -0.249. The first-order valence-electron chi connectivity index (χ1n) is 5.55. The second-order valence-electron chi connectivity index (χ2n) is 3.15. The van der Waals surface area contributed by atoms with E-state index < -0.39 is 0 Å². The van der Waals surface area contributed by atoms with Crippen molar-refractivity contribution in [2.24, 2.45) is 0 Å². The van der Waals surface area contributed by atoms with Gasteiger partial charge < -0.3 is 9.47 Å². The summed E-state index contributed by atoms with van der Waals surface area (Å²) in [6.07, 6.45) is 1.79. The monoisotopic (exact) mass is 210 g/mol. The summed E-state index contributed by atoms with van der Waals surface area (Å²) >= 11 is 0. The molecule has 0 radical (unpaired) electrons. The van der Waals surface area contributed by atoms with Crippen LogP contribution in [-0.2, 0) is 16.0 Å². The molecule has 1 heterocycles. The van der Waals surface area contributed by atoms with Gasteiger partial charge in [-0.2, -0.15) is 4.57 Å². The van der Waals surface area contributed by atoms with Crippen LogP contribution in [0.1, 0.15) is 32.8 Å². The minimum Gasteiger partial charge on any atom is -0.344 e. The summed E-state index contributed by atoms with van der Waals surface area (Å²) in [6.45, 7) is 8.30. The van der Waals surface area contributed by atoms with Gasteiger partial charge in [0.05, 0.1) is 0 Å². The summed E-state index contributed by atoms with van der Waals surface area (Å²) in [5.41, 5.74) is 1.07. The molecule has 0 aliphatic carbocycles. The normalized spacial score (nSPS) is 10.9. The van der Waals surface area contributed by atoms with Crippen LogP contribution in [0.25, 0.3) is 0 Å². The van der Waals surface area contributed by atoms with Gasteiger partial charge in [-0.3, -0.25) is 0 Å². The SMILES string of the molecule is CCOC(OCC)c1cccc[n+]1CC. The second-order valence-corrected chi connectivity index (χ2v) is 3.15. The smallest absolute Gasteiger partial charge is 0.244 e. The van der Waals surface area contributed by atoms with Crippen molar-refractivity contribution >= 4 is 0 Å². The summed E-state index contributed by atoms with van der Waals surface area (Å²) in [5, 5.41) is 0. The average Bonchev–Trinajstić information content (AvgIpc) is 2.29. The molecule has 0 spiro atoms. The van der Waals surface area contributed by atoms with Gasteiger partial charge >= 0.3 is 0 Å². The number of hydrogen-bond acceptors (Lipinski definition) is 2. The third-order valence-electron chi connectivity index (χ3n) is 2.19. The molecule has 0 saturated heterocycles. The van der Waals surface area contributed by atoms with Crippen molar-refractivity contribution in [1.29, 1.82) is 0 Å². The molecule has 1 rings (SSSR count). The van der Waals surface area contributed by atoms with Gasteiger partial charge in [-0.15, -0.1) is 0 Å². The molecule has 0 amide bonds. The Balaban J connectivity index is 2.88. The fourth-order valence-electron chi connectivity index (χ4n) is 1.51. The molecule has 0 aliphatic rings. The van der Waals surface area contributed by atoms with Crippen LogP contribution >= 0.6 is 0 Å². The molecule has 1 aromatic heterocycles. The zero-order valence-corrected chi connectivity index (χ0v) is 9.77. The zero-order chi connectivity index (χ0) is 11.1. The van der Waals surface area contributed by atoms with E-state index in [2.05, 4.69) is 11.5 Å². The van der Waals surface area contributed by atoms with E-state index in [1.165, 1.54) is 0 Å². The van der Waals surface area contributed by atoms with Gasteiger partial charge in [0.1, 0.15) is 6.54 Å². The molecule has 0 aromatic carbocycles. The van der Waals surface area contributed by atoms with E-state index in [0.29, 0.717) is 13.2 Å². The Morgan fingerprint density at radius 1 is 1.13 bits per heavy atom. The Bertz CT molecular complexity index is 283. The summed E-state index contributed by atoms with van der Waals surface area (Å²) in [4.78, 5) is 0. The summed E-state index contributed by atoms with van der Waals surface area (Å²) in [5.74, 6) is 0. The van der Waals surface area contributed by atoms with Gasteiger partial charge in [-0.1, -0.05) is 0 Å². The number of ether oxygens (including phenoxy) is 2. The fourth-order valence-corrected chi connectivity index (χ4v) is 1.51. The Labute approximate surface area is 91.6 Å². The topological polar surface area (TPSA) is 22.3 Å². The van der Waals surface area contributed by atoms with E-state index in [9.17, 15) is 0 Å². The molecule has 0 aliphatic heterocycles. The quantitative estimate of drug-likeness (QED) is 0.530. The molecule has 0 unspecified atom stereocenters. The molecule has 84 valence electrons. The predicted octanol–water partition coefficient (Wildman–Crippen LogP) is 2.07. The molecule has 15 heavy (non-hydrogen) atoms. The number of rotatable bonds is 6. The number of aryl methyl sites for hydroxylation is 1. The third-order valence-corrected chi connectivity index (χ3v) is 2.19. The van der Waals surface area contributed by atoms with Crippen LogP contribution in [0.2, 0.25) is 0 Å². The van der Waals surface area contributed by atoms with Crippen molar-refractivity contribution in [3.63, 3.8) is 0 Å². The van der Waals surface area contributed by atoms with Crippen molar-refractivity contribution in [3.05, 3.63) is 30.1 Å². The maximum atomic E-state index is 5.57. The standard InChI is InChI=1S/C12H20NO2/c1-4-13-10-8-7-9-11(13)12(14-5-2)15-6-3/h7-10,12H,4-6H2,1-3H3/q+1. The summed E-state index contributed by atoms with van der Waals surface area (Å²) in [7, 11) is 0. The van der Waals surface area contributed by atoms with Crippen LogP contribution in [0.4, 0.5) is 0 Å². The highest BCUT2D eigenvalue weighted by atomic mass is 16.7. The van der Waals surface area contributed by atoms with Gasteiger partial charge in [-0.25, -0.2) is 0 Å². The molecule has 1 aromatic rings. The van der Waals surface area contributed by atoms with Gasteiger partial charge in [0.25, 0.3) is 0 Å². The van der Waals surface area contributed by atoms with E-state index in [1.807, 2.05) is 38.2 Å². The lowest BCUT2D eigenvalue weighted by molar-refractivity contribution is -0.707. The first-order valence-corrected chi connectivity index (χ1v) is 5.55. The maximum absolute atomic E-state index is 5.57. The van der Waals surface area contributed by atoms with E-state index in [1.54, 1.807) is 0 Å². The molecule has 0 N–H and O–H groups in total. The van der Waals surface area contributed by atoms with Crippen molar-refractivity contribution in [2.45, 2.75) is 33.6 Å². The van der Waals surface area contributed by atoms with Crippen molar-refractivity contribution < 1.29 is 14.0 Å².